The van der Waals surface area contributed by atoms with Crippen molar-refractivity contribution in [2.24, 2.45) is 0 Å². The molecule has 0 aliphatic heterocycles. The summed E-state index contributed by atoms with van der Waals surface area (Å²) in [6.45, 7) is 3.78. The topological polar surface area (TPSA) is 49.4 Å². The lowest BCUT2D eigenvalue weighted by atomic mass is 10.1. The summed E-state index contributed by atoms with van der Waals surface area (Å²) in [5, 5.41) is 3.60. The second-order valence-electron chi connectivity index (χ2n) is 4.90. The second kappa shape index (κ2) is 7.50. The highest BCUT2D eigenvalue weighted by Gasteiger charge is 2.14. The molecule has 0 atom stereocenters. The van der Waals surface area contributed by atoms with Crippen LogP contribution in [0, 0.1) is 0 Å². The smallest absolute Gasteiger partial charge is 0.239 e. The summed E-state index contributed by atoms with van der Waals surface area (Å²) < 4.78 is 0. The van der Waals surface area contributed by atoms with E-state index in [1.807, 2.05) is 13.8 Å². The van der Waals surface area contributed by atoms with Crippen molar-refractivity contribution in [3.05, 3.63) is 33.8 Å². The highest BCUT2D eigenvalue weighted by Crippen LogP contribution is 2.22. The Bertz CT molecular complexity index is 504. The van der Waals surface area contributed by atoms with Crippen LogP contribution in [0.15, 0.2) is 18.2 Å². The molecule has 1 rings (SSSR count). The van der Waals surface area contributed by atoms with Crippen LogP contribution in [-0.4, -0.2) is 36.3 Å². The maximum Gasteiger partial charge on any atom is 0.239 e. The summed E-state index contributed by atoms with van der Waals surface area (Å²) in [6, 6.07) is 5.11. The van der Waals surface area contributed by atoms with Gasteiger partial charge in [-0.15, -0.1) is 0 Å². The minimum atomic E-state index is -0.176. The number of hydrogen-bond acceptors (Lipinski definition) is 2. The molecule has 0 aliphatic rings. The Kier molecular flexibility index (Phi) is 6.30. The van der Waals surface area contributed by atoms with Gasteiger partial charge in [0.1, 0.15) is 0 Å². The Balaban J connectivity index is 2.57. The highest BCUT2D eigenvalue weighted by molar-refractivity contribution is 6.42. The predicted molar refractivity (Wildman–Crippen MR) is 81.1 cm³/mol. The molecule has 0 bridgehead atoms. The third-order valence-corrected chi connectivity index (χ3v) is 3.33. The van der Waals surface area contributed by atoms with Crippen molar-refractivity contribution in [1.29, 1.82) is 0 Å². The summed E-state index contributed by atoms with van der Waals surface area (Å²) in [7, 11) is 1.60. The maximum absolute atomic E-state index is 12.0. The van der Waals surface area contributed by atoms with Crippen molar-refractivity contribution in [2.75, 3.05) is 13.6 Å². The van der Waals surface area contributed by atoms with Crippen molar-refractivity contribution in [2.45, 2.75) is 26.3 Å². The molecule has 0 unspecified atom stereocenters. The van der Waals surface area contributed by atoms with Gasteiger partial charge in [-0.25, -0.2) is 0 Å². The molecule has 0 aliphatic carbocycles. The van der Waals surface area contributed by atoms with Gasteiger partial charge in [0.15, 0.2) is 0 Å². The third-order valence-electron chi connectivity index (χ3n) is 2.60. The molecule has 6 heteroatoms. The number of rotatable bonds is 5. The van der Waals surface area contributed by atoms with Crippen molar-refractivity contribution < 1.29 is 9.59 Å². The van der Waals surface area contributed by atoms with E-state index in [1.54, 1.807) is 25.2 Å². The number of carbonyl (C=O) groups is 2. The average Bonchev–Trinajstić information content (AvgIpc) is 2.32. The van der Waals surface area contributed by atoms with Gasteiger partial charge in [0.05, 0.1) is 23.0 Å². The van der Waals surface area contributed by atoms with Gasteiger partial charge in [-0.05, 0) is 31.5 Å². The molecule has 1 N–H and O–H groups in total. The van der Waals surface area contributed by atoms with Gasteiger partial charge >= 0.3 is 0 Å². The highest BCUT2D eigenvalue weighted by atomic mass is 35.5. The SMILES string of the molecule is CC(C)NC(=O)CN(C)C(=O)Cc1ccc(Cl)c(Cl)c1. The van der Waals surface area contributed by atoms with Crippen molar-refractivity contribution in [3.8, 4) is 0 Å². The van der Waals surface area contributed by atoms with E-state index in [2.05, 4.69) is 5.32 Å². The van der Waals surface area contributed by atoms with Crippen LogP contribution >= 0.6 is 23.2 Å². The molecule has 0 fully saturated rings. The van der Waals surface area contributed by atoms with Gasteiger partial charge in [0, 0.05) is 13.1 Å². The fourth-order valence-electron chi connectivity index (χ4n) is 1.63. The van der Waals surface area contributed by atoms with E-state index in [9.17, 15) is 9.59 Å². The first-order chi connectivity index (χ1) is 9.29. The number of amides is 2. The fraction of sp³-hybridized carbons (Fsp3) is 0.429. The van der Waals surface area contributed by atoms with E-state index in [-0.39, 0.29) is 30.8 Å². The molecule has 0 aromatic heterocycles. The Morgan fingerprint density at radius 3 is 2.45 bits per heavy atom. The minimum absolute atomic E-state index is 0.0400. The summed E-state index contributed by atoms with van der Waals surface area (Å²) in [5.74, 6) is -0.327. The quantitative estimate of drug-likeness (QED) is 0.907. The largest absolute Gasteiger partial charge is 0.352 e. The zero-order chi connectivity index (χ0) is 15.3. The van der Waals surface area contributed by atoms with Crippen LogP contribution in [0.3, 0.4) is 0 Å². The molecule has 110 valence electrons. The normalized spacial score (nSPS) is 10.5. The van der Waals surface area contributed by atoms with E-state index in [4.69, 9.17) is 23.2 Å². The predicted octanol–water partition coefficient (Wildman–Crippen LogP) is 2.52. The molecule has 0 heterocycles. The summed E-state index contributed by atoms with van der Waals surface area (Å²) in [5.41, 5.74) is 0.764. The minimum Gasteiger partial charge on any atom is -0.352 e. The zero-order valence-corrected chi connectivity index (χ0v) is 13.3. The van der Waals surface area contributed by atoms with Crippen LogP contribution in [0.25, 0.3) is 0 Å². The number of halogens is 2. The molecule has 0 radical (unpaired) electrons. The van der Waals surface area contributed by atoms with Crippen molar-refractivity contribution in [3.63, 3.8) is 0 Å². The molecule has 0 saturated carbocycles. The standard InChI is InChI=1S/C14H18Cl2N2O2/c1-9(2)17-13(19)8-18(3)14(20)7-10-4-5-11(15)12(16)6-10/h4-6,9H,7-8H2,1-3H3,(H,17,19). The Labute approximate surface area is 129 Å². The number of benzene rings is 1. The molecule has 1 aromatic carbocycles. The first-order valence-electron chi connectivity index (χ1n) is 6.27. The number of nitrogens with zero attached hydrogens (tertiary/aromatic N) is 1. The Morgan fingerprint density at radius 1 is 1.25 bits per heavy atom. The first kappa shape index (κ1) is 16.8. The van der Waals surface area contributed by atoms with Gasteiger partial charge in [0.2, 0.25) is 11.8 Å². The van der Waals surface area contributed by atoms with E-state index < -0.39 is 0 Å². The second-order valence-corrected chi connectivity index (χ2v) is 5.71. The summed E-state index contributed by atoms with van der Waals surface area (Å²) in [6.07, 6.45) is 0.183. The van der Waals surface area contributed by atoms with Crippen LogP contribution in [0.1, 0.15) is 19.4 Å². The molecule has 2 amide bonds. The molecule has 0 spiro atoms. The Morgan fingerprint density at radius 2 is 1.90 bits per heavy atom. The van der Waals surface area contributed by atoms with E-state index in [0.717, 1.165) is 5.56 Å². The van der Waals surface area contributed by atoms with Crippen molar-refractivity contribution in [1.82, 2.24) is 10.2 Å². The average molecular weight is 317 g/mol. The first-order valence-corrected chi connectivity index (χ1v) is 7.02. The molecule has 1 aromatic rings. The molecule has 20 heavy (non-hydrogen) atoms. The lowest BCUT2D eigenvalue weighted by Crippen LogP contribution is -2.41. The van der Waals surface area contributed by atoms with Crippen LogP contribution in [0.4, 0.5) is 0 Å². The molecule has 4 nitrogen and oxygen atoms in total. The molecular formula is C14H18Cl2N2O2. The van der Waals surface area contributed by atoms with Crippen LogP contribution in [0.5, 0.6) is 0 Å². The maximum atomic E-state index is 12.0. The summed E-state index contributed by atoms with van der Waals surface area (Å²) in [4.78, 5) is 25.0. The van der Waals surface area contributed by atoms with Gasteiger partial charge in [-0.1, -0.05) is 29.3 Å². The van der Waals surface area contributed by atoms with Crippen LogP contribution in [0.2, 0.25) is 10.0 Å². The van der Waals surface area contributed by atoms with E-state index >= 15 is 0 Å². The van der Waals surface area contributed by atoms with Gasteiger partial charge in [-0.3, -0.25) is 9.59 Å². The molecular weight excluding hydrogens is 299 g/mol. The third kappa shape index (κ3) is 5.39. The molecule has 0 saturated heterocycles. The van der Waals surface area contributed by atoms with Gasteiger partial charge in [-0.2, -0.15) is 0 Å². The number of likely N-dealkylation sites (N-methyl/N-ethyl adjacent to an activating group) is 1. The monoisotopic (exact) mass is 316 g/mol. The summed E-state index contributed by atoms with van der Waals surface area (Å²) >= 11 is 11.7. The van der Waals surface area contributed by atoms with Gasteiger partial charge in [0.25, 0.3) is 0 Å². The zero-order valence-electron chi connectivity index (χ0n) is 11.7. The van der Waals surface area contributed by atoms with E-state index in [1.165, 1.54) is 4.90 Å². The number of hydrogen-bond donors (Lipinski definition) is 1. The van der Waals surface area contributed by atoms with E-state index in [0.29, 0.717) is 10.0 Å². The number of carbonyl (C=O) groups excluding carboxylic acids is 2. The Hall–Kier alpha value is -1.26. The van der Waals surface area contributed by atoms with Crippen LogP contribution < -0.4 is 5.32 Å². The number of nitrogens with one attached hydrogen (secondary N) is 1. The lowest BCUT2D eigenvalue weighted by molar-refractivity contribution is -0.134. The van der Waals surface area contributed by atoms with Crippen LogP contribution in [-0.2, 0) is 16.0 Å². The fourth-order valence-corrected chi connectivity index (χ4v) is 1.95. The lowest BCUT2D eigenvalue weighted by Gasteiger charge is -2.18. The van der Waals surface area contributed by atoms with Gasteiger partial charge < -0.3 is 10.2 Å². The van der Waals surface area contributed by atoms with Crippen molar-refractivity contribution >= 4 is 35.0 Å².